The van der Waals surface area contributed by atoms with E-state index in [2.05, 4.69) is 27.5 Å². The van der Waals surface area contributed by atoms with Crippen LogP contribution in [-0.4, -0.2) is 28.5 Å². The molecule has 0 atom stereocenters. The van der Waals surface area contributed by atoms with Crippen LogP contribution in [0.5, 0.6) is 0 Å². The van der Waals surface area contributed by atoms with Gasteiger partial charge in [-0.1, -0.05) is 39.0 Å². The van der Waals surface area contributed by atoms with E-state index >= 15 is 0 Å². The summed E-state index contributed by atoms with van der Waals surface area (Å²) in [6.45, 7) is 4.92. The topological polar surface area (TPSA) is 66.9 Å². The molecule has 0 bridgehead atoms. The van der Waals surface area contributed by atoms with Crippen molar-refractivity contribution in [2.24, 2.45) is 0 Å². The summed E-state index contributed by atoms with van der Waals surface area (Å²) in [5.41, 5.74) is 1.29. The normalized spacial score (nSPS) is 15.5. The maximum Gasteiger partial charge on any atom is 0.270 e. The van der Waals surface area contributed by atoms with Gasteiger partial charge in [-0.15, -0.1) is 0 Å². The first-order chi connectivity index (χ1) is 10.7. The lowest BCUT2D eigenvalue weighted by Crippen LogP contribution is -2.36. The molecule has 0 spiro atoms. The van der Waals surface area contributed by atoms with Crippen molar-refractivity contribution in [3.8, 4) is 0 Å². The van der Waals surface area contributed by atoms with Gasteiger partial charge in [0.2, 0.25) is 5.95 Å². The third kappa shape index (κ3) is 5.28. The first-order valence-electron chi connectivity index (χ1n) is 8.59. The Morgan fingerprint density at radius 1 is 1.23 bits per heavy atom. The summed E-state index contributed by atoms with van der Waals surface area (Å²) in [6.07, 6.45) is 9.33. The van der Waals surface area contributed by atoms with Gasteiger partial charge in [0.1, 0.15) is 5.69 Å². The number of nitrogens with zero attached hydrogens (tertiary/aromatic N) is 2. The highest BCUT2D eigenvalue weighted by Gasteiger charge is 2.18. The molecule has 0 aromatic carbocycles. The van der Waals surface area contributed by atoms with E-state index in [1.54, 1.807) is 6.07 Å². The molecular weight excluding hydrogens is 276 g/mol. The average molecular weight is 304 g/mol. The number of anilines is 1. The van der Waals surface area contributed by atoms with Crippen LogP contribution in [-0.2, 0) is 0 Å². The Hall–Kier alpha value is -1.65. The van der Waals surface area contributed by atoms with Crippen LogP contribution in [0.1, 0.15) is 74.5 Å². The van der Waals surface area contributed by atoms with Gasteiger partial charge in [-0.05, 0) is 32.3 Å². The van der Waals surface area contributed by atoms with E-state index < -0.39 is 0 Å². The number of rotatable bonds is 7. The smallest absolute Gasteiger partial charge is 0.270 e. The fraction of sp³-hybridized carbons (Fsp3) is 0.706. The van der Waals surface area contributed by atoms with E-state index in [0.29, 0.717) is 17.7 Å². The highest BCUT2D eigenvalue weighted by molar-refractivity contribution is 5.92. The van der Waals surface area contributed by atoms with E-state index in [0.717, 1.165) is 31.5 Å². The van der Waals surface area contributed by atoms with Crippen molar-refractivity contribution in [1.82, 2.24) is 15.3 Å². The lowest BCUT2D eigenvalue weighted by atomic mass is 9.95. The largest absolute Gasteiger partial charge is 0.354 e. The van der Waals surface area contributed by atoms with Gasteiger partial charge in [-0.3, -0.25) is 4.79 Å². The van der Waals surface area contributed by atoms with Crippen molar-refractivity contribution < 1.29 is 4.79 Å². The summed E-state index contributed by atoms with van der Waals surface area (Å²) in [5, 5.41) is 6.33. The van der Waals surface area contributed by atoms with Crippen LogP contribution in [0, 0.1) is 6.92 Å². The molecular formula is C17H28N4O. The standard InChI is InChI=1S/C17H28N4O/c1-3-4-8-11-18-17-19-13(2)12-15(21-17)16(22)20-14-9-6-5-7-10-14/h12,14H,3-11H2,1-2H3,(H,20,22)(H,18,19,21). The molecule has 2 rings (SSSR count). The number of aryl methyl sites for hydroxylation is 1. The fourth-order valence-electron chi connectivity index (χ4n) is 2.85. The molecule has 122 valence electrons. The highest BCUT2D eigenvalue weighted by atomic mass is 16.1. The second-order valence-corrected chi connectivity index (χ2v) is 6.16. The predicted molar refractivity (Wildman–Crippen MR) is 89.1 cm³/mol. The van der Waals surface area contributed by atoms with Gasteiger partial charge in [0.25, 0.3) is 5.91 Å². The minimum Gasteiger partial charge on any atom is -0.354 e. The van der Waals surface area contributed by atoms with Gasteiger partial charge in [0.05, 0.1) is 0 Å². The zero-order valence-corrected chi connectivity index (χ0v) is 13.8. The Bertz CT molecular complexity index is 484. The molecule has 5 heteroatoms. The molecule has 0 saturated heterocycles. The van der Waals surface area contributed by atoms with Crippen LogP contribution >= 0.6 is 0 Å². The van der Waals surface area contributed by atoms with Crippen LogP contribution in [0.4, 0.5) is 5.95 Å². The molecule has 1 saturated carbocycles. The zero-order chi connectivity index (χ0) is 15.8. The molecule has 0 aliphatic heterocycles. The van der Waals surface area contributed by atoms with Gasteiger partial charge >= 0.3 is 0 Å². The quantitative estimate of drug-likeness (QED) is 0.757. The molecule has 22 heavy (non-hydrogen) atoms. The second kappa shape index (κ2) is 8.71. The van der Waals surface area contributed by atoms with Gasteiger partial charge in [-0.2, -0.15) is 0 Å². The molecule has 2 N–H and O–H groups in total. The molecule has 1 heterocycles. The number of hydrogen-bond acceptors (Lipinski definition) is 4. The molecule has 0 unspecified atom stereocenters. The third-order valence-electron chi connectivity index (χ3n) is 4.09. The molecule has 1 amide bonds. The summed E-state index contributed by atoms with van der Waals surface area (Å²) in [7, 11) is 0. The first-order valence-corrected chi connectivity index (χ1v) is 8.59. The molecule has 1 fully saturated rings. The highest BCUT2D eigenvalue weighted by Crippen LogP contribution is 2.18. The maximum atomic E-state index is 12.4. The average Bonchev–Trinajstić information content (AvgIpc) is 2.52. The second-order valence-electron chi connectivity index (χ2n) is 6.16. The summed E-state index contributed by atoms with van der Waals surface area (Å²) >= 11 is 0. The summed E-state index contributed by atoms with van der Waals surface area (Å²) in [4.78, 5) is 21.1. The molecule has 1 aliphatic rings. The predicted octanol–water partition coefficient (Wildman–Crippen LogP) is 3.45. The lowest BCUT2D eigenvalue weighted by molar-refractivity contribution is 0.0922. The Kier molecular flexibility index (Phi) is 6.62. The van der Waals surface area contributed by atoms with Gasteiger partial charge in [0, 0.05) is 18.3 Å². The third-order valence-corrected chi connectivity index (χ3v) is 4.09. The van der Waals surface area contributed by atoms with Crippen molar-refractivity contribution in [2.45, 2.75) is 71.3 Å². The number of hydrogen-bond donors (Lipinski definition) is 2. The summed E-state index contributed by atoms with van der Waals surface area (Å²) < 4.78 is 0. The Balaban J connectivity index is 1.93. The fourth-order valence-corrected chi connectivity index (χ4v) is 2.85. The van der Waals surface area contributed by atoms with Gasteiger partial charge in [-0.25, -0.2) is 9.97 Å². The van der Waals surface area contributed by atoms with E-state index in [1.807, 2.05) is 6.92 Å². The SMILES string of the molecule is CCCCCNc1nc(C)cc(C(=O)NC2CCCCC2)n1. The maximum absolute atomic E-state index is 12.4. The van der Waals surface area contributed by atoms with E-state index in [4.69, 9.17) is 0 Å². The Labute approximate surface area is 133 Å². The van der Waals surface area contributed by atoms with Crippen molar-refractivity contribution in [3.05, 3.63) is 17.5 Å². The van der Waals surface area contributed by atoms with Crippen LogP contribution in [0.15, 0.2) is 6.07 Å². The first kappa shape index (κ1) is 16.7. The monoisotopic (exact) mass is 304 g/mol. The van der Waals surface area contributed by atoms with Crippen molar-refractivity contribution in [3.63, 3.8) is 0 Å². The lowest BCUT2D eigenvalue weighted by Gasteiger charge is -2.22. The van der Waals surface area contributed by atoms with Crippen LogP contribution in [0.3, 0.4) is 0 Å². The van der Waals surface area contributed by atoms with Gasteiger partial charge < -0.3 is 10.6 Å². The minimum absolute atomic E-state index is 0.0750. The summed E-state index contributed by atoms with van der Waals surface area (Å²) in [6, 6.07) is 2.06. The Morgan fingerprint density at radius 3 is 2.73 bits per heavy atom. The molecule has 1 aliphatic carbocycles. The van der Waals surface area contributed by atoms with E-state index in [-0.39, 0.29) is 5.91 Å². The molecule has 1 aromatic heterocycles. The number of aromatic nitrogens is 2. The Morgan fingerprint density at radius 2 is 2.00 bits per heavy atom. The molecule has 1 aromatic rings. The molecule has 0 radical (unpaired) electrons. The van der Waals surface area contributed by atoms with Crippen LogP contribution in [0.25, 0.3) is 0 Å². The number of amides is 1. The van der Waals surface area contributed by atoms with Gasteiger partial charge in [0.15, 0.2) is 0 Å². The number of nitrogens with one attached hydrogen (secondary N) is 2. The van der Waals surface area contributed by atoms with E-state index in [1.165, 1.54) is 32.1 Å². The van der Waals surface area contributed by atoms with E-state index in [9.17, 15) is 4.79 Å². The van der Waals surface area contributed by atoms with Crippen molar-refractivity contribution >= 4 is 11.9 Å². The number of carbonyl (C=O) groups excluding carboxylic acids is 1. The summed E-state index contributed by atoms with van der Waals surface area (Å²) in [5.74, 6) is 0.485. The minimum atomic E-state index is -0.0750. The van der Waals surface area contributed by atoms with Crippen LogP contribution < -0.4 is 10.6 Å². The van der Waals surface area contributed by atoms with Crippen molar-refractivity contribution in [1.29, 1.82) is 0 Å². The van der Waals surface area contributed by atoms with Crippen molar-refractivity contribution in [2.75, 3.05) is 11.9 Å². The van der Waals surface area contributed by atoms with Crippen LogP contribution in [0.2, 0.25) is 0 Å². The number of unbranched alkanes of at least 4 members (excludes halogenated alkanes) is 2. The number of carbonyl (C=O) groups is 1. The molecule has 5 nitrogen and oxygen atoms in total. The zero-order valence-electron chi connectivity index (χ0n) is 13.8.